The normalized spacial score (nSPS) is 12.3. The van der Waals surface area contributed by atoms with Crippen molar-refractivity contribution in [3.8, 4) is 11.5 Å². The van der Waals surface area contributed by atoms with E-state index in [1.165, 1.54) is 12.1 Å². The van der Waals surface area contributed by atoms with Crippen molar-refractivity contribution >= 4 is 23.1 Å². The van der Waals surface area contributed by atoms with Gasteiger partial charge in [0.05, 0.1) is 16.3 Å². The Morgan fingerprint density at radius 3 is 2.41 bits per heavy atom. The van der Waals surface area contributed by atoms with Crippen molar-refractivity contribution in [1.29, 1.82) is 0 Å². The van der Waals surface area contributed by atoms with Crippen LogP contribution in [0.15, 0.2) is 35.3 Å². The lowest BCUT2D eigenvalue weighted by atomic mass is 10.1. The molecule has 0 aromatic heterocycles. The van der Waals surface area contributed by atoms with Crippen molar-refractivity contribution in [3.63, 3.8) is 0 Å². The van der Waals surface area contributed by atoms with Crippen LogP contribution in [0.3, 0.4) is 0 Å². The van der Waals surface area contributed by atoms with Crippen LogP contribution in [0.4, 0.5) is 18.9 Å². The number of ether oxygens (including phenoxy) is 1. The fourth-order valence-electron chi connectivity index (χ4n) is 2.41. The number of nitrogens with zero attached hydrogens (tertiary/aromatic N) is 2. The van der Waals surface area contributed by atoms with E-state index in [9.17, 15) is 13.2 Å². The van der Waals surface area contributed by atoms with Crippen molar-refractivity contribution < 1.29 is 17.9 Å². The van der Waals surface area contributed by atoms with Crippen molar-refractivity contribution in [1.82, 2.24) is 4.90 Å². The maximum absolute atomic E-state index is 13.0. The van der Waals surface area contributed by atoms with E-state index in [2.05, 4.69) is 4.99 Å². The van der Waals surface area contributed by atoms with Gasteiger partial charge in [-0.25, -0.2) is 4.99 Å². The Balaban J connectivity index is 2.35. The van der Waals surface area contributed by atoms with Crippen LogP contribution in [0.5, 0.6) is 11.5 Å². The van der Waals surface area contributed by atoms with Gasteiger partial charge >= 0.3 is 6.18 Å². The summed E-state index contributed by atoms with van der Waals surface area (Å²) in [4.78, 5) is 6.64. The molecule has 0 aliphatic rings. The molecule has 0 fully saturated rings. The zero-order valence-corrected chi connectivity index (χ0v) is 16.7. The molecule has 3 nitrogen and oxygen atoms in total. The SMILES string of the molecule is CCN(C)C(C)=Nc1cc(C)c(Oc2ccc(Cl)c(C(F)(F)F)c2)cc1C. The largest absolute Gasteiger partial charge is 0.457 e. The highest BCUT2D eigenvalue weighted by Crippen LogP contribution is 2.38. The Morgan fingerprint density at radius 2 is 1.81 bits per heavy atom. The van der Waals surface area contributed by atoms with Gasteiger partial charge in [0.1, 0.15) is 17.3 Å². The number of hydrogen-bond acceptors (Lipinski definition) is 2. The van der Waals surface area contributed by atoms with E-state index in [-0.39, 0.29) is 10.8 Å². The van der Waals surface area contributed by atoms with Gasteiger partial charge in [0.25, 0.3) is 0 Å². The first kappa shape index (κ1) is 21.1. The maximum Gasteiger partial charge on any atom is 0.417 e. The molecule has 0 heterocycles. The van der Waals surface area contributed by atoms with E-state index in [4.69, 9.17) is 16.3 Å². The highest BCUT2D eigenvalue weighted by atomic mass is 35.5. The number of alkyl halides is 3. The number of hydrogen-bond donors (Lipinski definition) is 0. The van der Waals surface area contributed by atoms with Crippen LogP contribution in [0.2, 0.25) is 5.02 Å². The average molecular weight is 399 g/mol. The number of benzene rings is 2. The quantitative estimate of drug-likeness (QED) is 0.419. The third kappa shape index (κ3) is 5.16. The van der Waals surface area contributed by atoms with Crippen LogP contribution in [-0.2, 0) is 6.18 Å². The third-order valence-electron chi connectivity index (χ3n) is 4.27. The first-order chi connectivity index (χ1) is 12.5. The minimum absolute atomic E-state index is 0.0763. The molecule has 0 saturated carbocycles. The van der Waals surface area contributed by atoms with Gasteiger partial charge < -0.3 is 9.64 Å². The van der Waals surface area contributed by atoms with Crippen LogP contribution in [0, 0.1) is 13.8 Å². The summed E-state index contributed by atoms with van der Waals surface area (Å²) in [7, 11) is 1.96. The molecule has 2 aromatic carbocycles. The molecule has 2 rings (SSSR count). The summed E-state index contributed by atoms with van der Waals surface area (Å²) in [6.45, 7) is 8.51. The minimum Gasteiger partial charge on any atom is -0.457 e. The molecule has 27 heavy (non-hydrogen) atoms. The molecule has 0 aliphatic carbocycles. The molecular formula is C20H22ClF3N2O. The smallest absolute Gasteiger partial charge is 0.417 e. The topological polar surface area (TPSA) is 24.8 Å². The third-order valence-corrected chi connectivity index (χ3v) is 4.60. The lowest BCUT2D eigenvalue weighted by Crippen LogP contribution is -2.23. The monoisotopic (exact) mass is 398 g/mol. The van der Waals surface area contributed by atoms with Crippen molar-refractivity contribution in [2.45, 2.75) is 33.9 Å². The summed E-state index contributed by atoms with van der Waals surface area (Å²) in [6.07, 6.45) is -4.54. The predicted molar refractivity (Wildman–Crippen MR) is 104 cm³/mol. The van der Waals surface area contributed by atoms with Crippen LogP contribution in [-0.4, -0.2) is 24.3 Å². The Labute approximate surface area is 162 Å². The molecule has 2 aromatic rings. The maximum atomic E-state index is 13.0. The molecular weight excluding hydrogens is 377 g/mol. The predicted octanol–water partition coefficient (Wildman–Crippen LogP) is 6.77. The van der Waals surface area contributed by atoms with E-state index in [0.29, 0.717) is 5.75 Å². The highest BCUT2D eigenvalue weighted by molar-refractivity contribution is 6.31. The molecule has 0 bridgehead atoms. The Morgan fingerprint density at radius 1 is 1.15 bits per heavy atom. The van der Waals surface area contributed by atoms with E-state index >= 15 is 0 Å². The molecule has 7 heteroatoms. The molecule has 0 unspecified atom stereocenters. The summed E-state index contributed by atoms with van der Waals surface area (Å²) < 4.78 is 44.8. The first-order valence-electron chi connectivity index (χ1n) is 8.45. The standard InChI is InChI=1S/C20H22ClF3N2O/c1-6-26(5)14(4)25-18-9-13(3)19(10-12(18)2)27-15-7-8-17(21)16(11-15)20(22,23)24/h7-11H,6H2,1-5H3. The van der Waals surface area contributed by atoms with Crippen LogP contribution in [0.25, 0.3) is 0 Å². The summed E-state index contributed by atoms with van der Waals surface area (Å²) >= 11 is 5.65. The van der Waals surface area contributed by atoms with E-state index < -0.39 is 11.7 Å². The van der Waals surface area contributed by atoms with Gasteiger partial charge in [-0.05, 0) is 69.2 Å². The molecule has 0 aliphatic heterocycles. The van der Waals surface area contributed by atoms with Crippen molar-refractivity contribution in [3.05, 3.63) is 52.0 Å². The zero-order chi connectivity index (χ0) is 20.4. The van der Waals surface area contributed by atoms with Gasteiger partial charge in [-0.2, -0.15) is 13.2 Å². The Hall–Kier alpha value is -2.21. The fourth-order valence-corrected chi connectivity index (χ4v) is 2.63. The zero-order valence-electron chi connectivity index (χ0n) is 15.9. The van der Waals surface area contributed by atoms with Crippen molar-refractivity contribution in [2.75, 3.05) is 13.6 Å². The van der Waals surface area contributed by atoms with Gasteiger partial charge in [-0.3, -0.25) is 0 Å². The number of aliphatic imine (C=N–C) groups is 1. The molecule has 0 radical (unpaired) electrons. The van der Waals surface area contributed by atoms with Gasteiger partial charge in [0.15, 0.2) is 0 Å². The molecule has 0 amide bonds. The van der Waals surface area contributed by atoms with Crippen LogP contribution >= 0.6 is 11.6 Å². The molecule has 0 spiro atoms. The average Bonchev–Trinajstić information content (AvgIpc) is 2.59. The second-order valence-corrected chi connectivity index (χ2v) is 6.73. The van der Waals surface area contributed by atoms with Gasteiger partial charge in [0.2, 0.25) is 0 Å². The lowest BCUT2D eigenvalue weighted by Gasteiger charge is -2.17. The summed E-state index contributed by atoms with van der Waals surface area (Å²) in [5, 5.41) is -0.358. The molecule has 0 N–H and O–H groups in total. The Kier molecular flexibility index (Phi) is 6.42. The second-order valence-electron chi connectivity index (χ2n) is 6.32. The van der Waals surface area contributed by atoms with Crippen molar-refractivity contribution in [2.24, 2.45) is 4.99 Å². The summed E-state index contributed by atoms with van der Waals surface area (Å²) in [6, 6.07) is 7.14. The molecule has 0 saturated heterocycles. The van der Waals surface area contributed by atoms with Gasteiger partial charge in [-0.15, -0.1) is 0 Å². The van der Waals surface area contributed by atoms with E-state index in [0.717, 1.165) is 35.3 Å². The first-order valence-corrected chi connectivity index (χ1v) is 8.83. The molecule has 0 atom stereocenters. The minimum atomic E-state index is -4.54. The molecule has 146 valence electrons. The fraction of sp³-hybridized carbons (Fsp3) is 0.350. The van der Waals surface area contributed by atoms with Crippen LogP contribution < -0.4 is 4.74 Å². The Bertz CT molecular complexity index is 863. The van der Waals surface area contributed by atoms with Crippen LogP contribution in [0.1, 0.15) is 30.5 Å². The summed E-state index contributed by atoms with van der Waals surface area (Å²) in [5.74, 6) is 1.43. The second kappa shape index (κ2) is 8.21. The highest BCUT2D eigenvalue weighted by Gasteiger charge is 2.33. The number of rotatable bonds is 4. The number of aryl methyl sites for hydroxylation is 2. The number of amidine groups is 1. The van der Waals surface area contributed by atoms with Gasteiger partial charge in [-0.1, -0.05) is 11.6 Å². The van der Waals surface area contributed by atoms with Gasteiger partial charge in [0, 0.05) is 13.6 Å². The van der Waals surface area contributed by atoms with E-state index in [1.807, 2.05) is 45.7 Å². The number of halogens is 4. The lowest BCUT2D eigenvalue weighted by molar-refractivity contribution is -0.137. The van der Waals surface area contributed by atoms with E-state index in [1.54, 1.807) is 6.07 Å². The summed E-state index contributed by atoms with van der Waals surface area (Å²) in [5.41, 5.74) is 1.51.